The summed E-state index contributed by atoms with van der Waals surface area (Å²) in [5.74, 6) is 0.278. The van der Waals surface area contributed by atoms with Crippen LogP contribution < -0.4 is 4.90 Å². The zero-order chi connectivity index (χ0) is 15.0. The van der Waals surface area contributed by atoms with Gasteiger partial charge in [-0.25, -0.2) is 14.3 Å². The molecule has 0 radical (unpaired) electrons. The zero-order valence-corrected chi connectivity index (χ0v) is 12.4. The molecule has 21 heavy (non-hydrogen) atoms. The van der Waals surface area contributed by atoms with Crippen molar-refractivity contribution in [1.29, 1.82) is 0 Å². The van der Waals surface area contributed by atoms with Gasteiger partial charge in [-0.2, -0.15) is 5.10 Å². The lowest BCUT2D eigenvalue weighted by molar-refractivity contribution is -0.139. The van der Waals surface area contributed by atoms with Crippen molar-refractivity contribution in [3.8, 4) is 0 Å². The van der Waals surface area contributed by atoms with E-state index in [0.29, 0.717) is 12.3 Å². The summed E-state index contributed by atoms with van der Waals surface area (Å²) in [6.07, 6.45) is 6.12. The van der Waals surface area contributed by atoms with Gasteiger partial charge in [0, 0.05) is 18.9 Å². The summed E-state index contributed by atoms with van der Waals surface area (Å²) in [5.41, 5.74) is 1.88. The summed E-state index contributed by atoms with van der Waals surface area (Å²) in [4.78, 5) is 17.8. The van der Waals surface area contributed by atoms with E-state index in [9.17, 15) is 9.90 Å². The van der Waals surface area contributed by atoms with Crippen LogP contribution in [0.1, 0.15) is 44.7 Å². The molecule has 0 aliphatic carbocycles. The molecule has 1 aliphatic heterocycles. The van der Waals surface area contributed by atoms with Gasteiger partial charge < -0.3 is 10.0 Å². The van der Waals surface area contributed by atoms with Crippen LogP contribution in [0.3, 0.4) is 0 Å². The lowest BCUT2D eigenvalue weighted by Crippen LogP contribution is -2.45. The van der Waals surface area contributed by atoms with Gasteiger partial charge in [0.15, 0.2) is 5.82 Å². The first kappa shape index (κ1) is 13.9. The third kappa shape index (κ3) is 2.46. The first-order valence-corrected chi connectivity index (χ1v) is 7.41. The summed E-state index contributed by atoms with van der Waals surface area (Å²) in [5, 5.41) is 14.0. The number of fused-ring (bicyclic) bond motifs is 1. The lowest BCUT2D eigenvalue weighted by atomic mass is 10.0. The molecular weight excluding hydrogens is 268 g/mol. The quantitative estimate of drug-likeness (QED) is 0.938. The number of carboxylic acid groups (broad SMARTS) is 1. The van der Waals surface area contributed by atoms with E-state index in [-0.39, 0.29) is 0 Å². The Morgan fingerprint density at radius 1 is 1.43 bits per heavy atom. The minimum atomic E-state index is -0.776. The van der Waals surface area contributed by atoms with Gasteiger partial charge in [-0.05, 0) is 31.2 Å². The first-order chi connectivity index (χ1) is 10.1. The molecule has 6 nitrogen and oxygen atoms in total. The molecule has 0 amide bonds. The number of aromatic nitrogens is 3. The molecular formula is C15H20N4O2. The number of nitrogens with zero attached hydrogens (tertiary/aromatic N) is 4. The minimum absolute atomic E-state index is 0.328. The molecule has 1 N–H and O–H groups in total. The van der Waals surface area contributed by atoms with E-state index in [1.807, 2.05) is 17.2 Å². The molecule has 112 valence electrons. The van der Waals surface area contributed by atoms with Crippen LogP contribution >= 0.6 is 0 Å². The third-order valence-electron chi connectivity index (χ3n) is 4.04. The number of anilines is 1. The monoisotopic (exact) mass is 288 g/mol. The fraction of sp³-hybridized carbons (Fsp3) is 0.533. The molecule has 0 bridgehead atoms. The van der Waals surface area contributed by atoms with Gasteiger partial charge in [-0.15, -0.1) is 0 Å². The third-order valence-corrected chi connectivity index (χ3v) is 4.04. The summed E-state index contributed by atoms with van der Waals surface area (Å²) >= 11 is 0. The molecule has 1 saturated heterocycles. The van der Waals surface area contributed by atoms with Crippen molar-refractivity contribution in [3.05, 3.63) is 24.2 Å². The molecule has 3 heterocycles. The second-order valence-electron chi connectivity index (χ2n) is 5.85. The Hall–Kier alpha value is -2.11. The van der Waals surface area contributed by atoms with Crippen LogP contribution in [0.15, 0.2) is 18.5 Å². The second-order valence-corrected chi connectivity index (χ2v) is 5.85. The van der Waals surface area contributed by atoms with Gasteiger partial charge in [0.05, 0.1) is 5.69 Å². The molecule has 2 aromatic heterocycles. The number of carbonyl (C=O) groups is 1. The van der Waals surface area contributed by atoms with Crippen LogP contribution in [0, 0.1) is 0 Å². The fourth-order valence-electron chi connectivity index (χ4n) is 2.87. The molecule has 3 rings (SSSR count). The number of hydrogen-bond acceptors (Lipinski definition) is 4. The standard InChI is InChI=1S/C15H20N4O2/c1-10(2)11-9-13-14(16-6-8-19(13)17-11)18-7-4-3-5-12(18)15(20)21/h6,8-10,12H,3-5,7H2,1-2H3,(H,20,21). The van der Waals surface area contributed by atoms with Gasteiger partial charge in [0.1, 0.15) is 11.6 Å². The lowest BCUT2D eigenvalue weighted by Gasteiger charge is -2.34. The van der Waals surface area contributed by atoms with Crippen LogP contribution in [-0.2, 0) is 4.79 Å². The highest BCUT2D eigenvalue weighted by molar-refractivity contribution is 5.81. The van der Waals surface area contributed by atoms with E-state index in [2.05, 4.69) is 23.9 Å². The highest BCUT2D eigenvalue weighted by atomic mass is 16.4. The van der Waals surface area contributed by atoms with Crippen molar-refractivity contribution in [3.63, 3.8) is 0 Å². The Morgan fingerprint density at radius 3 is 2.95 bits per heavy atom. The van der Waals surface area contributed by atoms with E-state index in [1.165, 1.54) is 0 Å². The van der Waals surface area contributed by atoms with Crippen LogP contribution in [0.2, 0.25) is 0 Å². The van der Waals surface area contributed by atoms with Crippen molar-refractivity contribution in [1.82, 2.24) is 14.6 Å². The van der Waals surface area contributed by atoms with Gasteiger partial charge in [-0.1, -0.05) is 13.8 Å². The average molecular weight is 288 g/mol. The average Bonchev–Trinajstić information content (AvgIpc) is 2.91. The van der Waals surface area contributed by atoms with Crippen molar-refractivity contribution in [2.24, 2.45) is 0 Å². The van der Waals surface area contributed by atoms with Crippen LogP contribution in [0.5, 0.6) is 0 Å². The van der Waals surface area contributed by atoms with E-state index in [1.54, 1.807) is 10.7 Å². The van der Waals surface area contributed by atoms with Crippen molar-refractivity contribution >= 4 is 17.3 Å². The smallest absolute Gasteiger partial charge is 0.326 e. The fourth-order valence-corrected chi connectivity index (χ4v) is 2.87. The maximum absolute atomic E-state index is 11.5. The van der Waals surface area contributed by atoms with Gasteiger partial charge >= 0.3 is 5.97 Å². The van der Waals surface area contributed by atoms with Gasteiger partial charge in [0.25, 0.3) is 0 Å². The number of aliphatic carboxylic acids is 1. The molecule has 0 saturated carbocycles. The van der Waals surface area contributed by atoms with E-state index in [0.717, 1.165) is 36.4 Å². The van der Waals surface area contributed by atoms with E-state index >= 15 is 0 Å². The van der Waals surface area contributed by atoms with Crippen LogP contribution in [-0.4, -0.2) is 38.3 Å². The maximum atomic E-state index is 11.5. The van der Waals surface area contributed by atoms with E-state index in [4.69, 9.17) is 0 Å². The van der Waals surface area contributed by atoms with Crippen molar-refractivity contribution < 1.29 is 9.90 Å². The van der Waals surface area contributed by atoms with Crippen molar-refractivity contribution in [2.75, 3.05) is 11.4 Å². The minimum Gasteiger partial charge on any atom is -0.480 e. The van der Waals surface area contributed by atoms with Gasteiger partial charge in [0.2, 0.25) is 0 Å². The Balaban J connectivity index is 2.08. The highest BCUT2D eigenvalue weighted by Crippen LogP contribution is 2.28. The Morgan fingerprint density at radius 2 is 2.24 bits per heavy atom. The molecule has 1 aliphatic rings. The normalized spacial score (nSPS) is 19.4. The predicted molar refractivity (Wildman–Crippen MR) is 79.7 cm³/mol. The number of carboxylic acids is 1. The molecule has 6 heteroatoms. The zero-order valence-electron chi connectivity index (χ0n) is 12.4. The largest absolute Gasteiger partial charge is 0.480 e. The summed E-state index contributed by atoms with van der Waals surface area (Å²) < 4.78 is 1.80. The molecule has 1 unspecified atom stereocenters. The molecule has 1 atom stereocenters. The Bertz CT molecular complexity index is 665. The summed E-state index contributed by atoms with van der Waals surface area (Å²) in [6.45, 7) is 4.91. The summed E-state index contributed by atoms with van der Waals surface area (Å²) in [6, 6.07) is 1.52. The Kier molecular flexibility index (Phi) is 3.53. The predicted octanol–water partition coefficient (Wildman–Crippen LogP) is 2.30. The van der Waals surface area contributed by atoms with Crippen LogP contribution in [0.25, 0.3) is 5.52 Å². The topological polar surface area (TPSA) is 70.7 Å². The second kappa shape index (κ2) is 5.35. The maximum Gasteiger partial charge on any atom is 0.326 e. The van der Waals surface area contributed by atoms with Crippen LogP contribution in [0.4, 0.5) is 5.82 Å². The van der Waals surface area contributed by atoms with Gasteiger partial charge in [-0.3, -0.25) is 0 Å². The first-order valence-electron chi connectivity index (χ1n) is 7.41. The molecule has 0 aromatic carbocycles. The molecule has 1 fully saturated rings. The van der Waals surface area contributed by atoms with Crippen molar-refractivity contribution in [2.45, 2.75) is 45.1 Å². The number of hydrogen-bond donors (Lipinski definition) is 1. The SMILES string of the molecule is CC(C)c1cc2c(N3CCCCC3C(=O)O)nccn2n1. The number of rotatable bonds is 3. The molecule has 2 aromatic rings. The Labute approximate surface area is 123 Å². The molecule has 0 spiro atoms. The number of piperidine rings is 1. The summed E-state index contributed by atoms with van der Waals surface area (Å²) in [7, 11) is 0. The van der Waals surface area contributed by atoms with E-state index < -0.39 is 12.0 Å². The highest BCUT2D eigenvalue weighted by Gasteiger charge is 2.30.